The van der Waals surface area contributed by atoms with Crippen LogP contribution < -0.4 is 0 Å². The van der Waals surface area contributed by atoms with Gasteiger partial charge < -0.3 is 14.2 Å². The van der Waals surface area contributed by atoms with Gasteiger partial charge in [-0.15, -0.1) is 0 Å². The molecule has 0 saturated carbocycles. The monoisotopic (exact) mass is 1110 g/mol. The summed E-state index contributed by atoms with van der Waals surface area (Å²) in [4.78, 5) is 38.4. The summed E-state index contributed by atoms with van der Waals surface area (Å²) in [6.07, 6.45) is 91.3. The molecular formula is C74H128O6. The molecule has 460 valence electrons. The van der Waals surface area contributed by atoms with Gasteiger partial charge >= 0.3 is 17.9 Å². The molecule has 0 heterocycles. The molecule has 0 bridgehead atoms. The van der Waals surface area contributed by atoms with Gasteiger partial charge in [0.1, 0.15) is 13.2 Å². The minimum absolute atomic E-state index is 0.0835. The van der Waals surface area contributed by atoms with Crippen LogP contribution in [0.25, 0.3) is 0 Å². The van der Waals surface area contributed by atoms with E-state index in [1.165, 1.54) is 186 Å². The lowest BCUT2D eigenvalue weighted by Gasteiger charge is -2.18. The summed E-state index contributed by atoms with van der Waals surface area (Å²) in [5.74, 6) is -0.889. The second kappa shape index (κ2) is 67.8. The first kappa shape index (κ1) is 76.3. The van der Waals surface area contributed by atoms with Crippen LogP contribution in [0.4, 0.5) is 0 Å². The molecule has 0 aromatic heterocycles. The molecule has 6 nitrogen and oxygen atoms in total. The van der Waals surface area contributed by atoms with E-state index in [4.69, 9.17) is 14.2 Å². The smallest absolute Gasteiger partial charge is 0.306 e. The van der Waals surface area contributed by atoms with E-state index >= 15 is 0 Å². The molecule has 0 aromatic rings. The van der Waals surface area contributed by atoms with Crippen molar-refractivity contribution in [1.29, 1.82) is 0 Å². The van der Waals surface area contributed by atoms with Crippen LogP contribution in [0.15, 0.2) is 97.2 Å². The fourth-order valence-corrected chi connectivity index (χ4v) is 9.67. The number of unbranched alkanes of at least 4 members (excludes halogenated alkanes) is 35. The molecule has 0 aromatic carbocycles. The zero-order valence-electron chi connectivity index (χ0n) is 52.8. The molecule has 6 heteroatoms. The van der Waals surface area contributed by atoms with E-state index in [1.807, 2.05) is 0 Å². The second-order valence-electron chi connectivity index (χ2n) is 22.7. The number of hydrogen-bond donors (Lipinski definition) is 0. The molecule has 0 rings (SSSR count). The van der Waals surface area contributed by atoms with Gasteiger partial charge in [-0.25, -0.2) is 0 Å². The highest BCUT2D eigenvalue weighted by atomic mass is 16.6. The first-order chi connectivity index (χ1) is 39.5. The van der Waals surface area contributed by atoms with Crippen LogP contribution in [0.3, 0.4) is 0 Å². The van der Waals surface area contributed by atoms with Crippen molar-refractivity contribution >= 4 is 17.9 Å². The molecule has 1 atom stereocenters. The van der Waals surface area contributed by atoms with Crippen LogP contribution >= 0.6 is 0 Å². The molecule has 0 spiro atoms. The molecule has 0 amide bonds. The van der Waals surface area contributed by atoms with Crippen molar-refractivity contribution < 1.29 is 28.6 Å². The van der Waals surface area contributed by atoms with Crippen molar-refractivity contribution in [2.75, 3.05) is 13.2 Å². The Morgan fingerprint density at radius 3 is 0.775 bits per heavy atom. The van der Waals surface area contributed by atoms with Crippen molar-refractivity contribution in [3.8, 4) is 0 Å². The lowest BCUT2D eigenvalue weighted by atomic mass is 10.0. The number of rotatable bonds is 62. The van der Waals surface area contributed by atoms with Gasteiger partial charge in [-0.1, -0.05) is 291 Å². The third-order valence-electron chi connectivity index (χ3n) is 14.8. The van der Waals surface area contributed by atoms with Gasteiger partial charge in [-0.3, -0.25) is 14.4 Å². The van der Waals surface area contributed by atoms with E-state index < -0.39 is 6.10 Å². The average molecular weight is 1110 g/mol. The molecule has 1 unspecified atom stereocenters. The summed E-state index contributed by atoms with van der Waals surface area (Å²) in [6.45, 7) is 6.52. The SMILES string of the molecule is CC/C=C\C/C=C\C/C=C\C/C=C\CCCCCCCCCCCCCCC(=O)OCC(COC(=O)CCCCCCC/C=C\C/C=C\CCCCCC)OC(=O)CCCCCCCCCCC/C=C\C/C=C\CCCCCCC. The van der Waals surface area contributed by atoms with Crippen LogP contribution in [0.1, 0.15) is 335 Å². The van der Waals surface area contributed by atoms with Crippen molar-refractivity contribution in [1.82, 2.24) is 0 Å². The summed E-state index contributed by atoms with van der Waals surface area (Å²) in [5, 5.41) is 0. The molecule has 0 aliphatic rings. The Hall–Kier alpha value is -3.67. The normalized spacial score (nSPS) is 12.7. The number of carbonyl (C=O) groups excluding carboxylic acids is 3. The van der Waals surface area contributed by atoms with Gasteiger partial charge in [0.2, 0.25) is 0 Å². The summed E-state index contributed by atoms with van der Waals surface area (Å²) < 4.78 is 17.0. The first-order valence-corrected chi connectivity index (χ1v) is 34.2. The minimum Gasteiger partial charge on any atom is -0.462 e. The van der Waals surface area contributed by atoms with E-state index in [9.17, 15) is 14.4 Å². The summed E-state index contributed by atoms with van der Waals surface area (Å²) >= 11 is 0. The Morgan fingerprint density at radius 1 is 0.263 bits per heavy atom. The fourth-order valence-electron chi connectivity index (χ4n) is 9.67. The molecule has 80 heavy (non-hydrogen) atoms. The quantitative estimate of drug-likeness (QED) is 0.0261. The van der Waals surface area contributed by atoms with Crippen molar-refractivity contribution in [3.63, 3.8) is 0 Å². The van der Waals surface area contributed by atoms with E-state index in [0.29, 0.717) is 19.3 Å². The Labute approximate surface area is 496 Å². The molecule has 0 radical (unpaired) electrons. The Bertz CT molecular complexity index is 1560. The molecule has 0 aliphatic heterocycles. The molecule has 0 N–H and O–H groups in total. The highest BCUT2D eigenvalue weighted by Crippen LogP contribution is 2.16. The maximum Gasteiger partial charge on any atom is 0.306 e. The van der Waals surface area contributed by atoms with Gasteiger partial charge in [0.25, 0.3) is 0 Å². The maximum absolute atomic E-state index is 13.0. The van der Waals surface area contributed by atoms with E-state index in [2.05, 4.69) is 118 Å². The van der Waals surface area contributed by atoms with Crippen molar-refractivity contribution in [3.05, 3.63) is 97.2 Å². The standard InChI is InChI=1S/C74H128O6/c1-4-7-10-13-16-19-22-25-28-31-33-35-36-37-38-40-41-43-46-49-52-55-58-61-64-67-73(76)79-70-71(69-78-72(75)66-63-60-57-54-51-48-45-30-27-24-21-18-15-12-9-6-3)80-74(77)68-65-62-59-56-53-50-47-44-42-39-34-32-29-26-23-20-17-14-11-8-5-2/h7,10,16,19,21,23-26,28,30,32-35,45,71H,4-6,8-9,11-15,17-18,20,22,27,29,31,36-44,46-70H2,1-3H3/b10-7-,19-16-,24-21-,26-23-,28-25-,34-32-,35-33-,45-30-. The third-order valence-corrected chi connectivity index (χ3v) is 14.8. The predicted molar refractivity (Wildman–Crippen MR) is 348 cm³/mol. The van der Waals surface area contributed by atoms with Gasteiger partial charge in [-0.05, 0) is 122 Å². The predicted octanol–water partition coefficient (Wildman–Crippen LogP) is 23.6. The Kier molecular flexibility index (Phi) is 64.7. The highest BCUT2D eigenvalue weighted by molar-refractivity contribution is 5.71. The zero-order valence-corrected chi connectivity index (χ0v) is 52.8. The summed E-state index contributed by atoms with van der Waals surface area (Å²) in [6, 6.07) is 0. The van der Waals surface area contributed by atoms with Crippen LogP contribution in [0.5, 0.6) is 0 Å². The molecule has 0 fully saturated rings. The fraction of sp³-hybridized carbons (Fsp3) is 0.743. The van der Waals surface area contributed by atoms with Crippen molar-refractivity contribution in [2.24, 2.45) is 0 Å². The van der Waals surface area contributed by atoms with E-state index in [1.54, 1.807) is 0 Å². The van der Waals surface area contributed by atoms with Crippen LogP contribution in [0, 0.1) is 0 Å². The topological polar surface area (TPSA) is 78.9 Å². The second-order valence-corrected chi connectivity index (χ2v) is 22.7. The highest BCUT2D eigenvalue weighted by Gasteiger charge is 2.19. The molecular weight excluding hydrogens is 985 g/mol. The van der Waals surface area contributed by atoms with Crippen LogP contribution in [-0.2, 0) is 28.6 Å². The molecule has 0 saturated heterocycles. The van der Waals surface area contributed by atoms with Gasteiger partial charge in [0.15, 0.2) is 6.10 Å². The van der Waals surface area contributed by atoms with Crippen molar-refractivity contribution in [2.45, 2.75) is 341 Å². The zero-order chi connectivity index (χ0) is 57.8. The van der Waals surface area contributed by atoms with Crippen LogP contribution in [-0.4, -0.2) is 37.2 Å². The number of allylic oxidation sites excluding steroid dienone is 16. The summed E-state index contributed by atoms with van der Waals surface area (Å²) in [7, 11) is 0. The summed E-state index contributed by atoms with van der Waals surface area (Å²) in [5.41, 5.74) is 0. The van der Waals surface area contributed by atoms with Crippen LogP contribution in [0.2, 0.25) is 0 Å². The van der Waals surface area contributed by atoms with Gasteiger partial charge in [0.05, 0.1) is 0 Å². The Morgan fingerprint density at radius 2 is 0.487 bits per heavy atom. The maximum atomic E-state index is 13.0. The average Bonchev–Trinajstić information content (AvgIpc) is 3.46. The lowest BCUT2D eigenvalue weighted by Crippen LogP contribution is -2.30. The third kappa shape index (κ3) is 65.1. The van der Waals surface area contributed by atoms with E-state index in [-0.39, 0.29) is 31.1 Å². The minimum atomic E-state index is -0.789. The first-order valence-electron chi connectivity index (χ1n) is 34.2. The number of esters is 3. The van der Waals surface area contributed by atoms with E-state index in [0.717, 1.165) is 109 Å². The number of carbonyl (C=O) groups is 3. The van der Waals surface area contributed by atoms with Gasteiger partial charge in [0, 0.05) is 19.3 Å². The Balaban J connectivity index is 4.36. The van der Waals surface area contributed by atoms with Gasteiger partial charge in [-0.2, -0.15) is 0 Å². The molecule has 0 aliphatic carbocycles. The lowest BCUT2D eigenvalue weighted by molar-refractivity contribution is -0.167. The number of ether oxygens (including phenoxy) is 3. The largest absolute Gasteiger partial charge is 0.462 e. The number of hydrogen-bond acceptors (Lipinski definition) is 6.